The Balaban J connectivity index is 1.56. The molecule has 2 atom stereocenters. The number of nitrogens with zero attached hydrogens (tertiary/aromatic N) is 1. The molecular formula is C18H24N2S. The van der Waals surface area contributed by atoms with Gasteiger partial charge in [-0.05, 0) is 51.1 Å². The molecule has 21 heavy (non-hydrogen) atoms. The molecule has 2 aromatic rings. The van der Waals surface area contributed by atoms with Crippen LogP contribution in [0.25, 0.3) is 10.4 Å². The van der Waals surface area contributed by atoms with Crippen LogP contribution < -0.4 is 5.32 Å². The van der Waals surface area contributed by atoms with Gasteiger partial charge in [0.05, 0.1) is 0 Å². The van der Waals surface area contributed by atoms with Crippen molar-refractivity contribution in [3.63, 3.8) is 0 Å². The first kappa shape index (κ1) is 14.8. The lowest BCUT2D eigenvalue weighted by Crippen LogP contribution is -2.45. The fourth-order valence-electron chi connectivity index (χ4n) is 2.95. The summed E-state index contributed by atoms with van der Waals surface area (Å²) in [6, 6.07) is 16.5. The zero-order valence-electron chi connectivity index (χ0n) is 12.9. The summed E-state index contributed by atoms with van der Waals surface area (Å²) in [6.45, 7) is 4.53. The number of hydrogen-bond acceptors (Lipinski definition) is 3. The fraction of sp³-hybridized carbons (Fsp3) is 0.444. The zero-order chi connectivity index (χ0) is 14.7. The van der Waals surface area contributed by atoms with Crippen LogP contribution in [0.4, 0.5) is 0 Å². The second-order valence-corrected chi connectivity index (χ2v) is 7.23. The molecule has 3 heteroatoms. The average molecular weight is 300 g/mol. The Hall–Kier alpha value is -1.16. The summed E-state index contributed by atoms with van der Waals surface area (Å²) in [4.78, 5) is 5.25. The number of nitrogens with one attached hydrogen (secondary N) is 1. The van der Waals surface area contributed by atoms with Crippen molar-refractivity contribution < 1.29 is 0 Å². The second kappa shape index (κ2) is 6.73. The van der Waals surface area contributed by atoms with E-state index in [-0.39, 0.29) is 0 Å². The third-order valence-corrected chi connectivity index (χ3v) is 5.63. The molecule has 1 aliphatic rings. The Bertz CT molecular complexity index is 564. The minimum Gasteiger partial charge on any atom is -0.309 e. The summed E-state index contributed by atoms with van der Waals surface area (Å²) in [5, 5.41) is 3.74. The highest BCUT2D eigenvalue weighted by Gasteiger charge is 2.22. The maximum absolute atomic E-state index is 3.74. The average Bonchev–Trinajstić information content (AvgIpc) is 2.98. The minimum atomic E-state index is 0.665. The van der Waals surface area contributed by atoms with E-state index in [4.69, 9.17) is 0 Å². The van der Waals surface area contributed by atoms with Crippen LogP contribution >= 0.6 is 11.3 Å². The first-order valence-electron chi connectivity index (χ1n) is 7.80. The fourth-order valence-corrected chi connectivity index (χ4v) is 3.91. The number of likely N-dealkylation sites (tertiary alicyclic amines) is 1. The largest absolute Gasteiger partial charge is 0.309 e. The molecule has 2 unspecified atom stereocenters. The quantitative estimate of drug-likeness (QED) is 0.918. The molecule has 1 fully saturated rings. The molecule has 112 valence electrons. The van der Waals surface area contributed by atoms with Gasteiger partial charge in [0.1, 0.15) is 0 Å². The van der Waals surface area contributed by atoms with Crippen LogP contribution in [0, 0.1) is 0 Å². The Morgan fingerprint density at radius 3 is 2.76 bits per heavy atom. The Morgan fingerprint density at radius 2 is 2.00 bits per heavy atom. The first-order chi connectivity index (χ1) is 10.2. The molecule has 1 N–H and O–H groups in total. The molecule has 1 saturated heterocycles. The van der Waals surface area contributed by atoms with Crippen molar-refractivity contribution in [2.75, 3.05) is 13.6 Å². The number of hydrogen-bond donors (Lipinski definition) is 1. The summed E-state index contributed by atoms with van der Waals surface area (Å²) >= 11 is 1.90. The van der Waals surface area contributed by atoms with E-state index in [1.807, 2.05) is 11.3 Å². The lowest BCUT2D eigenvalue weighted by molar-refractivity contribution is 0.168. The van der Waals surface area contributed by atoms with Crippen LogP contribution in [0.15, 0.2) is 42.5 Å². The van der Waals surface area contributed by atoms with Gasteiger partial charge in [0.2, 0.25) is 0 Å². The second-order valence-electron chi connectivity index (χ2n) is 6.06. The standard InChI is InChI=1S/C18H24N2S/c1-14-12-16(10-11-20(14)2)19-13-17-8-9-18(21-17)15-6-4-3-5-7-15/h3-9,14,16,19H,10-13H2,1-2H3. The minimum absolute atomic E-state index is 0.665. The Kier molecular flexibility index (Phi) is 4.73. The van der Waals surface area contributed by atoms with Crippen molar-refractivity contribution >= 4 is 11.3 Å². The summed E-state index contributed by atoms with van der Waals surface area (Å²) in [7, 11) is 2.23. The van der Waals surface area contributed by atoms with Crippen LogP contribution in [-0.4, -0.2) is 30.6 Å². The van der Waals surface area contributed by atoms with Crippen LogP contribution in [0.2, 0.25) is 0 Å². The van der Waals surface area contributed by atoms with Crippen molar-refractivity contribution in [3.05, 3.63) is 47.3 Å². The smallest absolute Gasteiger partial charge is 0.0346 e. The van der Waals surface area contributed by atoms with E-state index in [1.54, 1.807) is 0 Å². The molecule has 0 bridgehead atoms. The van der Waals surface area contributed by atoms with Gasteiger partial charge in [-0.25, -0.2) is 0 Å². The van der Waals surface area contributed by atoms with E-state index in [2.05, 4.69) is 66.7 Å². The maximum atomic E-state index is 3.74. The van der Waals surface area contributed by atoms with Crippen LogP contribution in [0.1, 0.15) is 24.6 Å². The van der Waals surface area contributed by atoms with E-state index in [0.717, 1.165) is 6.54 Å². The lowest BCUT2D eigenvalue weighted by atomic mass is 9.99. The molecule has 0 saturated carbocycles. The monoisotopic (exact) mass is 300 g/mol. The van der Waals surface area contributed by atoms with Crippen LogP contribution in [0.3, 0.4) is 0 Å². The van der Waals surface area contributed by atoms with Gasteiger partial charge in [-0.15, -0.1) is 11.3 Å². The number of piperidine rings is 1. The number of thiophene rings is 1. The van der Waals surface area contributed by atoms with Crippen molar-refractivity contribution in [1.82, 2.24) is 10.2 Å². The van der Waals surface area contributed by atoms with Gasteiger partial charge in [0.25, 0.3) is 0 Å². The Labute approximate surface area is 131 Å². The zero-order valence-corrected chi connectivity index (χ0v) is 13.7. The molecule has 3 rings (SSSR count). The molecule has 2 nitrogen and oxygen atoms in total. The highest BCUT2D eigenvalue weighted by atomic mass is 32.1. The topological polar surface area (TPSA) is 15.3 Å². The molecule has 0 aliphatic carbocycles. The molecule has 1 aliphatic heterocycles. The highest BCUT2D eigenvalue weighted by Crippen LogP contribution is 2.28. The molecule has 0 radical (unpaired) electrons. The molecule has 0 spiro atoms. The molecule has 1 aromatic carbocycles. The van der Waals surface area contributed by atoms with Crippen molar-refractivity contribution in [2.45, 2.75) is 38.4 Å². The van der Waals surface area contributed by atoms with Crippen LogP contribution in [0.5, 0.6) is 0 Å². The van der Waals surface area contributed by atoms with Crippen LogP contribution in [-0.2, 0) is 6.54 Å². The lowest BCUT2D eigenvalue weighted by Gasteiger charge is -2.35. The number of benzene rings is 1. The summed E-state index contributed by atoms with van der Waals surface area (Å²) in [6.07, 6.45) is 2.52. The van der Waals surface area contributed by atoms with E-state index < -0.39 is 0 Å². The van der Waals surface area contributed by atoms with Gasteiger partial charge in [-0.2, -0.15) is 0 Å². The number of rotatable bonds is 4. The van der Waals surface area contributed by atoms with E-state index in [9.17, 15) is 0 Å². The van der Waals surface area contributed by atoms with Gasteiger partial charge >= 0.3 is 0 Å². The van der Waals surface area contributed by atoms with E-state index in [0.29, 0.717) is 12.1 Å². The van der Waals surface area contributed by atoms with Gasteiger partial charge < -0.3 is 10.2 Å². The summed E-state index contributed by atoms with van der Waals surface area (Å²) < 4.78 is 0. The molecule has 0 amide bonds. The van der Waals surface area contributed by atoms with Gasteiger partial charge in [0.15, 0.2) is 0 Å². The normalized spacial score (nSPS) is 23.3. The third-order valence-electron chi connectivity index (χ3n) is 4.49. The SMILES string of the molecule is CC1CC(NCc2ccc(-c3ccccc3)s2)CCN1C. The maximum Gasteiger partial charge on any atom is 0.0346 e. The van der Waals surface area contributed by atoms with Gasteiger partial charge in [-0.1, -0.05) is 30.3 Å². The molecular weight excluding hydrogens is 276 g/mol. The van der Waals surface area contributed by atoms with E-state index in [1.165, 1.54) is 34.7 Å². The highest BCUT2D eigenvalue weighted by molar-refractivity contribution is 7.15. The Morgan fingerprint density at radius 1 is 1.19 bits per heavy atom. The van der Waals surface area contributed by atoms with Gasteiger partial charge in [0, 0.05) is 28.4 Å². The van der Waals surface area contributed by atoms with Gasteiger partial charge in [-0.3, -0.25) is 0 Å². The van der Waals surface area contributed by atoms with Crippen molar-refractivity contribution in [2.24, 2.45) is 0 Å². The molecule has 2 heterocycles. The molecule has 1 aromatic heterocycles. The van der Waals surface area contributed by atoms with Crippen molar-refractivity contribution in [1.29, 1.82) is 0 Å². The predicted molar refractivity (Wildman–Crippen MR) is 91.7 cm³/mol. The van der Waals surface area contributed by atoms with Crippen molar-refractivity contribution in [3.8, 4) is 10.4 Å². The summed E-state index contributed by atoms with van der Waals surface area (Å²) in [5.74, 6) is 0. The van der Waals surface area contributed by atoms with E-state index >= 15 is 0 Å². The third kappa shape index (κ3) is 3.73. The predicted octanol–water partition coefficient (Wildman–Crippen LogP) is 3.99. The summed E-state index contributed by atoms with van der Waals surface area (Å²) in [5.41, 5.74) is 1.32. The first-order valence-corrected chi connectivity index (χ1v) is 8.62.